The molecule has 2 rings (SSSR count). The van der Waals surface area contributed by atoms with Gasteiger partial charge in [0.05, 0.1) is 13.2 Å². The first-order valence-electron chi connectivity index (χ1n) is 10.4. The number of rotatable bonds is 11. The predicted octanol–water partition coefficient (Wildman–Crippen LogP) is 4.71. The molecule has 1 aromatic heterocycles. The van der Waals surface area contributed by atoms with E-state index in [1.54, 1.807) is 17.8 Å². The SMILES string of the molecule is CCCCN(CCCC)C(=S)Nc1nn(Cc2ccccc2)cc1C(=O)OCC. The molecule has 0 aliphatic heterocycles. The minimum Gasteiger partial charge on any atom is -0.462 e. The second kappa shape index (κ2) is 12.2. The van der Waals surface area contributed by atoms with Gasteiger partial charge in [-0.25, -0.2) is 4.79 Å². The summed E-state index contributed by atoms with van der Waals surface area (Å²) in [5.74, 6) is 0.0492. The molecule has 0 aliphatic carbocycles. The van der Waals surface area contributed by atoms with Crippen molar-refractivity contribution >= 4 is 29.1 Å². The van der Waals surface area contributed by atoms with Gasteiger partial charge >= 0.3 is 5.97 Å². The first kappa shape index (κ1) is 22.9. The number of thiocarbonyl (C=S) groups is 1. The van der Waals surface area contributed by atoms with Crippen molar-refractivity contribution in [1.82, 2.24) is 14.7 Å². The number of hydrogen-bond donors (Lipinski definition) is 1. The Hall–Kier alpha value is -2.41. The fraction of sp³-hybridized carbons (Fsp3) is 0.500. The van der Waals surface area contributed by atoms with Crippen LogP contribution in [-0.2, 0) is 11.3 Å². The predicted molar refractivity (Wildman–Crippen MR) is 121 cm³/mol. The summed E-state index contributed by atoms with van der Waals surface area (Å²) in [6, 6.07) is 10.0. The highest BCUT2D eigenvalue weighted by atomic mass is 32.1. The first-order chi connectivity index (χ1) is 14.1. The third kappa shape index (κ3) is 7.16. The fourth-order valence-electron chi connectivity index (χ4n) is 2.92. The van der Waals surface area contributed by atoms with Crippen LogP contribution in [0.4, 0.5) is 5.82 Å². The summed E-state index contributed by atoms with van der Waals surface area (Å²) in [6.07, 6.45) is 6.06. The van der Waals surface area contributed by atoms with Gasteiger partial charge in [-0.2, -0.15) is 5.10 Å². The highest BCUT2D eigenvalue weighted by Crippen LogP contribution is 2.17. The van der Waals surface area contributed by atoms with Gasteiger partial charge in [0.15, 0.2) is 10.9 Å². The average Bonchev–Trinajstić information content (AvgIpc) is 3.11. The minimum absolute atomic E-state index is 0.311. The lowest BCUT2D eigenvalue weighted by molar-refractivity contribution is 0.0527. The number of anilines is 1. The van der Waals surface area contributed by atoms with Gasteiger partial charge in [-0.15, -0.1) is 0 Å². The van der Waals surface area contributed by atoms with Crippen LogP contribution >= 0.6 is 12.2 Å². The fourth-order valence-corrected chi connectivity index (χ4v) is 3.20. The summed E-state index contributed by atoms with van der Waals surface area (Å²) in [5, 5.41) is 8.38. The zero-order valence-corrected chi connectivity index (χ0v) is 18.5. The van der Waals surface area contributed by atoms with Crippen molar-refractivity contribution in [3.8, 4) is 0 Å². The van der Waals surface area contributed by atoms with Gasteiger partial charge in [0.2, 0.25) is 0 Å². The molecule has 0 saturated carbocycles. The molecule has 0 atom stereocenters. The van der Waals surface area contributed by atoms with Crippen LogP contribution in [-0.4, -0.2) is 45.5 Å². The molecule has 1 N–H and O–H groups in total. The lowest BCUT2D eigenvalue weighted by atomic mass is 10.2. The van der Waals surface area contributed by atoms with Crippen molar-refractivity contribution < 1.29 is 9.53 Å². The summed E-state index contributed by atoms with van der Waals surface area (Å²) in [4.78, 5) is 14.6. The van der Waals surface area contributed by atoms with E-state index in [-0.39, 0.29) is 0 Å². The Balaban J connectivity index is 2.21. The summed E-state index contributed by atoms with van der Waals surface area (Å²) in [5.41, 5.74) is 1.50. The molecule has 0 saturated heterocycles. The number of carbonyl (C=O) groups is 1. The van der Waals surface area contributed by atoms with E-state index in [4.69, 9.17) is 17.0 Å². The molecular weight excluding hydrogens is 384 g/mol. The normalized spacial score (nSPS) is 10.6. The summed E-state index contributed by atoms with van der Waals surface area (Å²) < 4.78 is 6.96. The van der Waals surface area contributed by atoms with Crippen molar-refractivity contribution in [3.63, 3.8) is 0 Å². The van der Waals surface area contributed by atoms with Crippen molar-refractivity contribution in [3.05, 3.63) is 47.7 Å². The van der Waals surface area contributed by atoms with Crippen molar-refractivity contribution in [1.29, 1.82) is 0 Å². The molecule has 2 aromatic rings. The molecule has 0 spiro atoms. The van der Waals surface area contributed by atoms with Crippen LogP contribution in [0.3, 0.4) is 0 Å². The van der Waals surface area contributed by atoms with Gasteiger partial charge in [-0.1, -0.05) is 57.0 Å². The van der Waals surface area contributed by atoms with Crippen LogP contribution in [0.5, 0.6) is 0 Å². The number of nitrogens with zero attached hydrogens (tertiary/aromatic N) is 3. The van der Waals surface area contributed by atoms with E-state index < -0.39 is 5.97 Å². The molecule has 0 unspecified atom stereocenters. The van der Waals surface area contributed by atoms with E-state index in [1.807, 2.05) is 30.3 Å². The van der Waals surface area contributed by atoms with Crippen LogP contribution in [0.2, 0.25) is 0 Å². The van der Waals surface area contributed by atoms with E-state index in [1.165, 1.54) is 0 Å². The number of hydrogen-bond acceptors (Lipinski definition) is 4. The van der Waals surface area contributed by atoms with Crippen molar-refractivity contribution in [2.45, 2.75) is 53.0 Å². The van der Waals surface area contributed by atoms with Crippen LogP contribution in [0.15, 0.2) is 36.5 Å². The van der Waals surface area contributed by atoms with Gasteiger partial charge in [-0.05, 0) is 37.5 Å². The molecular formula is C22H32N4O2S. The lowest BCUT2D eigenvalue weighted by Gasteiger charge is -2.25. The molecule has 6 nitrogen and oxygen atoms in total. The highest BCUT2D eigenvalue weighted by molar-refractivity contribution is 7.80. The zero-order chi connectivity index (χ0) is 21.1. The monoisotopic (exact) mass is 416 g/mol. The summed E-state index contributed by atoms with van der Waals surface area (Å²) >= 11 is 5.65. The Morgan fingerprint density at radius 3 is 2.38 bits per heavy atom. The number of unbranched alkanes of at least 4 members (excludes halogenated alkanes) is 2. The van der Waals surface area contributed by atoms with Crippen LogP contribution in [0.1, 0.15) is 62.4 Å². The summed E-state index contributed by atoms with van der Waals surface area (Å²) in [7, 11) is 0. The second-order valence-electron chi connectivity index (χ2n) is 6.92. The number of ether oxygens (including phenoxy) is 1. The van der Waals surface area contributed by atoms with E-state index in [2.05, 4.69) is 29.2 Å². The smallest absolute Gasteiger partial charge is 0.343 e. The molecule has 7 heteroatoms. The average molecular weight is 417 g/mol. The topological polar surface area (TPSA) is 59.4 Å². The highest BCUT2D eigenvalue weighted by Gasteiger charge is 2.20. The van der Waals surface area contributed by atoms with Crippen LogP contribution in [0, 0.1) is 0 Å². The maximum Gasteiger partial charge on any atom is 0.343 e. The lowest BCUT2D eigenvalue weighted by Crippen LogP contribution is -2.36. The van der Waals surface area contributed by atoms with Gasteiger partial charge in [0, 0.05) is 19.3 Å². The minimum atomic E-state index is -0.397. The quantitative estimate of drug-likeness (QED) is 0.423. The molecule has 0 bridgehead atoms. The van der Waals surface area contributed by atoms with Gasteiger partial charge in [-0.3, -0.25) is 4.68 Å². The molecule has 1 aromatic carbocycles. The number of benzene rings is 1. The Bertz CT molecular complexity index is 768. The van der Waals surface area contributed by atoms with E-state index in [0.717, 1.165) is 44.3 Å². The van der Waals surface area contributed by atoms with Crippen LogP contribution in [0.25, 0.3) is 0 Å². The molecule has 29 heavy (non-hydrogen) atoms. The third-order valence-corrected chi connectivity index (χ3v) is 4.88. The van der Waals surface area contributed by atoms with E-state index in [0.29, 0.717) is 29.6 Å². The number of carbonyl (C=O) groups excluding carboxylic acids is 1. The molecule has 0 radical (unpaired) electrons. The number of esters is 1. The Morgan fingerprint density at radius 2 is 1.79 bits per heavy atom. The molecule has 0 amide bonds. The van der Waals surface area contributed by atoms with Crippen molar-refractivity contribution in [2.24, 2.45) is 0 Å². The van der Waals surface area contributed by atoms with E-state index >= 15 is 0 Å². The largest absolute Gasteiger partial charge is 0.462 e. The summed E-state index contributed by atoms with van der Waals surface area (Å²) in [6.45, 7) is 8.78. The zero-order valence-electron chi connectivity index (χ0n) is 17.7. The van der Waals surface area contributed by atoms with Gasteiger partial charge in [0.25, 0.3) is 0 Å². The van der Waals surface area contributed by atoms with E-state index in [9.17, 15) is 4.79 Å². The maximum atomic E-state index is 12.5. The Labute approximate surface area is 179 Å². The second-order valence-corrected chi connectivity index (χ2v) is 7.31. The molecule has 0 fully saturated rings. The Kier molecular flexibility index (Phi) is 9.64. The van der Waals surface area contributed by atoms with Gasteiger partial charge in [0.1, 0.15) is 5.56 Å². The maximum absolute atomic E-state index is 12.5. The number of nitrogens with one attached hydrogen (secondary N) is 1. The van der Waals surface area contributed by atoms with Crippen LogP contribution < -0.4 is 5.32 Å². The van der Waals surface area contributed by atoms with Gasteiger partial charge < -0.3 is 15.0 Å². The molecule has 1 heterocycles. The Morgan fingerprint density at radius 1 is 1.14 bits per heavy atom. The number of aromatic nitrogens is 2. The molecule has 158 valence electrons. The molecule has 0 aliphatic rings. The third-order valence-electron chi connectivity index (χ3n) is 4.52. The van der Waals surface area contributed by atoms with Crippen molar-refractivity contribution in [2.75, 3.05) is 25.0 Å². The standard InChI is InChI=1S/C22H32N4O2S/c1-4-7-14-25(15-8-5-2)22(29)23-20-19(21(27)28-6-3)17-26(24-20)16-18-12-10-9-11-13-18/h9-13,17H,4-8,14-16H2,1-3H3,(H,23,24,29). The first-order valence-corrected chi connectivity index (χ1v) is 10.8.